The number of carbonyl (C=O) groups is 2. The van der Waals surface area contributed by atoms with E-state index in [4.69, 9.17) is 0 Å². The van der Waals surface area contributed by atoms with Crippen LogP contribution in [0, 0.1) is 0 Å². The van der Waals surface area contributed by atoms with E-state index in [9.17, 15) is 9.59 Å². The molecule has 2 rings (SSSR count). The molecular formula is C14H15N3O2S. The molecule has 0 bridgehead atoms. The minimum absolute atomic E-state index is 0.343. The number of benzene rings is 1. The average Bonchev–Trinajstić information content (AvgIpc) is 2.46. The number of carbonyl (C=O) groups excluding carboxylic acids is 2. The fraction of sp³-hybridized carbons (Fsp3) is 0.214. The highest BCUT2D eigenvalue weighted by molar-refractivity contribution is 8.00. The van der Waals surface area contributed by atoms with E-state index in [1.165, 1.54) is 18.8 Å². The Labute approximate surface area is 121 Å². The van der Waals surface area contributed by atoms with Gasteiger partial charge in [-0.25, -0.2) is 9.78 Å². The molecule has 0 aliphatic rings. The molecule has 0 radical (unpaired) electrons. The number of para-hydroxylation sites is 1. The number of fused-ring (bicyclic) bond motifs is 1. The summed E-state index contributed by atoms with van der Waals surface area (Å²) in [6.45, 7) is 1.74. The van der Waals surface area contributed by atoms with Crippen LogP contribution in [0.1, 0.15) is 6.92 Å². The third-order valence-electron chi connectivity index (χ3n) is 2.70. The summed E-state index contributed by atoms with van der Waals surface area (Å²) in [7, 11) is 1.46. The summed E-state index contributed by atoms with van der Waals surface area (Å²) in [5.41, 5.74) is 0.886. The van der Waals surface area contributed by atoms with Crippen LogP contribution in [0.5, 0.6) is 0 Å². The second kappa shape index (κ2) is 6.38. The van der Waals surface area contributed by atoms with Gasteiger partial charge in [-0.15, -0.1) is 0 Å². The molecule has 1 aromatic carbocycles. The molecule has 3 amide bonds. The molecule has 0 unspecified atom stereocenters. The molecule has 0 saturated carbocycles. The third kappa shape index (κ3) is 3.48. The fourth-order valence-corrected chi connectivity index (χ4v) is 2.45. The van der Waals surface area contributed by atoms with Gasteiger partial charge in [0.05, 0.1) is 15.8 Å². The Hall–Kier alpha value is -2.08. The topological polar surface area (TPSA) is 71.1 Å². The summed E-state index contributed by atoms with van der Waals surface area (Å²) >= 11 is 1.32. The standard InChI is InChI=1S/C14H15N3O2S/c1-9(13(18)17-14(19)15-2)20-12-8-7-10-5-3-4-6-11(10)16-12/h3-9H,1-2H3,(H2,15,17,18,19)/t9-/m0/s1. The summed E-state index contributed by atoms with van der Waals surface area (Å²) in [5, 5.41) is 6.00. The second-order valence-corrected chi connectivity index (χ2v) is 5.53. The third-order valence-corrected chi connectivity index (χ3v) is 3.74. The number of pyridine rings is 1. The predicted octanol–water partition coefficient (Wildman–Crippen LogP) is 2.17. The van der Waals surface area contributed by atoms with E-state index in [2.05, 4.69) is 15.6 Å². The van der Waals surface area contributed by atoms with E-state index >= 15 is 0 Å². The minimum atomic E-state index is -0.506. The van der Waals surface area contributed by atoms with Crippen LogP contribution in [-0.4, -0.2) is 29.2 Å². The van der Waals surface area contributed by atoms with E-state index < -0.39 is 11.3 Å². The van der Waals surface area contributed by atoms with Crippen LogP contribution < -0.4 is 10.6 Å². The van der Waals surface area contributed by atoms with Crippen LogP contribution in [0.2, 0.25) is 0 Å². The van der Waals surface area contributed by atoms with Gasteiger partial charge in [-0.05, 0) is 19.1 Å². The second-order valence-electron chi connectivity index (χ2n) is 4.17. The Morgan fingerprint density at radius 2 is 1.95 bits per heavy atom. The minimum Gasteiger partial charge on any atom is -0.341 e. The highest BCUT2D eigenvalue weighted by atomic mass is 32.2. The van der Waals surface area contributed by atoms with Gasteiger partial charge >= 0.3 is 6.03 Å². The zero-order chi connectivity index (χ0) is 14.5. The van der Waals surface area contributed by atoms with Crippen molar-refractivity contribution in [1.29, 1.82) is 0 Å². The highest BCUT2D eigenvalue weighted by Crippen LogP contribution is 2.23. The van der Waals surface area contributed by atoms with Gasteiger partial charge in [0.15, 0.2) is 0 Å². The summed E-state index contributed by atoms with van der Waals surface area (Å²) in [6, 6.07) is 11.1. The number of urea groups is 1. The van der Waals surface area contributed by atoms with Crippen molar-refractivity contribution in [2.24, 2.45) is 0 Å². The van der Waals surface area contributed by atoms with E-state index in [1.54, 1.807) is 6.92 Å². The molecule has 0 spiro atoms. The molecule has 1 heterocycles. The largest absolute Gasteiger partial charge is 0.341 e. The number of rotatable bonds is 3. The number of amides is 3. The molecule has 2 N–H and O–H groups in total. The summed E-state index contributed by atoms with van der Waals surface area (Å²) in [5.74, 6) is -0.343. The number of hydrogen-bond acceptors (Lipinski definition) is 4. The Kier molecular flexibility index (Phi) is 4.57. The molecule has 1 aromatic heterocycles. The summed E-state index contributed by atoms with van der Waals surface area (Å²) < 4.78 is 0. The molecule has 0 aliphatic carbocycles. The zero-order valence-corrected chi connectivity index (χ0v) is 12.0. The molecule has 0 saturated heterocycles. The maximum absolute atomic E-state index is 11.8. The lowest BCUT2D eigenvalue weighted by molar-refractivity contribution is -0.119. The van der Waals surface area contributed by atoms with Crippen molar-refractivity contribution < 1.29 is 9.59 Å². The van der Waals surface area contributed by atoms with Crippen molar-refractivity contribution in [2.45, 2.75) is 17.2 Å². The number of aromatic nitrogens is 1. The quantitative estimate of drug-likeness (QED) is 0.850. The molecular weight excluding hydrogens is 274 g/mol. The molecule has 1 atom stereocenters. The van der Waals surface area contributed by atoms with Crippen LogP contribution in [0.15, 0.2) is 41.4 Å². The van der Waals surface area contributed by atoms with Gasteiger partial charge in [0.2, 0.25) is 5.91 Å². The Bertz CT molecular complexity index is 645. The van der Waals surface area contributed by atoms with Gasteiger partial charge in [-0.1, -0.05) is 36.0 Å². The first kappa shape index (κ1) is 14.3. The van der Waals surface area contributed by atoms with Crippen LogP contribution in [-0.2, 0) is 4.79 Å². The summed E-state index contributed by atoms with van der Waals surface area (Å²) in [6.07, 6.45) is 0. The first-order valence-electron chi connectivity index (χ1n) is 6.15. The zero-order valence-electron chi connectivity index (χ0n) is 11.2. The number of hydrogen-bond donors (Lipinski definition) is 2. The first-order chi connectivity index (χ1) is 9.60. The summed E-state index contributed by atoms with van der Waals surface area (Å²) in [4.78, 5) is 27.3. The lowest BCUT2D eigenvalue weighted by atomic mass is 10.2. The molecule has 2 aromatic rings. The van der Waals surface area contributed by atoms with Gasteiger partial charge in [0.25, 0.3) is 0 Å². The monoisotopic (exact) mass is 289 g/mol. The average molecular weight is 289 g/mol. The van der Waals surface area contributed by atoms with Gasteiger partial charge in [0.1, 0.15) is 0 Å². The fourth-order valence-electron chi connectivity index (χ4n) is 1.62. The van der Waals surface area contributed by atoms with Gasteiger partial charge < -0.3 is 5.32 Å². The maximum atomic E-state index is 11.8. The number of imide groups is 1. The maximum Gasteiger partial charge on any atom is 0.321 e. The molecule has 20 heavy (non-hydrogen) atoms. The number of nitrogens with zero attached hydrogens (tertiary/aromatic N) is 1. The van der Waals surface area contributed by atoms with Gasteiger partial charge in [0, 0.05) is 12.4 Å². The van der Waals surface area contributed by atoms with Crippen LogP contribution >= 0.6 is 11.8 Å². The molecule has 0 aliphatic heterocycles. The van der Waals surface area contributed by atoms with Crippen molar-refractivity contribution in [2.75, 3.05) is 7.05 Å². The van der Waals surface area contributed by atoms with E-state index in [1.807, 2.05) is 36.4 Å². The smallest absolute Gasteiger partial charge is 0.321 e. The normalized spacial score (nSPS) is 11.9. The highest BCUT2D eigenvalue weighted by Gasteiger charge is 2.17. The SMILES string of the molecule is CNC(=O)NC(=O)[C@H](C)Sc1ccc2ccccc2n1. The van der Waals surface area contributed by atoms with E-state index in [0.717, 1.165) is 15.9 Å². The lowest BCUT2D eigenvalue weighted by Crippen LogP contribution is -2.41. The molecule has 0 fully saturated rings. The van der Waals surface area contributed by atoms with Crippen molar-refractivity contribution >= 4 is 34.6 Å². The Morgan fingerprint density at radius 1 is 1.20 bits per heavy atom. The predicted molar refractivity (Wildman–Crippen MR) is 79.7 cm³/mol. The number of thioether (sulfide) groups is 1. The van der Waals surface area contributed by atoms with Gasteiger partial charge in [-0.2, -0.15) is 0 Å². The Morgan fingerprint density at radius 3 is 2.70 bits per heavy atom. The van der Waals surface area contributed by atoms with Gasteiger partial charge in [-0.3, -0.25) is 10.1 Å². The first-order valence-corrected chi connectivity index (χ1v) is 7.03. The van der Waals surface area contributed by atoms with Crippen molar-refractivity contribution in [3.8, 4) is 0 Å². The van der Waals surface area contributed by atoms with E-state index in [0.29, 0.717) is 0 Å². The Balaban J connectivity index is 2.07. The van der Waals surface area contributed by atoms with Crippen molar-refractivity contribution in [3.05, 3.63) is 36.4 Å². The molecule has 104 valence electrons. The lowest BCUT2D eigenvalue weighted by Gasteiger charge is -2.10. The van der Waals surface area contributed by atoms with Crippen molar-refractivity contribution in [1.82, 2.24) is 15.6 Å². The van der Waals surface area contributed by atoms with Crippen molar-refractivity contribution in [3.63, 3.8) is 0 Å². The van der Waals surface area contributed by atoms with Crippen LogP contribution in [0.4, 0.5) is 4.79 Å². The van der Waals surface area contributed by atoms with Crippen LogP contribution in [0.3, 0.4) is 0 Å². The number of nitrogens with one attached hydrogen (secondary N) is 2. The molecule has 6 heteroatoms. The molecule has 5 nitrogen and oxygen atoms in total. The van der Waals surface area contributed by atoms with Crippen LogP contribution in [0.25, 0.3) is 10.9 Å². The van der Waals surface area contributed by atoms with E-state index in [-0.39, 0.29) is 5.91 Å².